The van der Waals surface area contributed by atoms with Crippen LogP contribution >= 0.6 is 11.6 Å². The Hall–Kier alpha value is -4.11. The lowest BCUT2D eigenvalue weighted by Crippen LogP contribution is -2.21. The molecule has 0 aliphatic heterocycles. The molecule has 6 nitrogen and oxygen atoms in total. The van der Waals surface area contributed by atoms with E-state index in [1.54, 1.807) is 13.3 Å². The van der Waals surface area contributed by atoms with Crippen LogP contribution < -0.4 is 14.8 Å². The Morgan fingerprint density at radius 3 is 2.59 bits per heavy atom. The van der Waals surface area contributed by atoms with Crippen LogP contribution in [0.1, 0.15) is 51.5 Å². The van der Waals surface area contributed by atoms with Gasteiger partial charge >= 0.3 is 6.18 Å². The Bertz CT molecular complexity index is 1620. The molecule has 41 heavy (non-hydrogen) atoms. The van der Waals surface area contributed by atoms with E-state index in [9.17, 15) is 18.0 Å². The highest BCUT2D eigenvalue weighted by Crippen LogP contribution is 2.44. The summed E-state index contributed by atoms with van der Waals surface area (Å²) in [6.07, 6.45) is -0.683. The van der Waals surface area contributed by atoms with E-state index in [-0.39, 0.29) is 17.3 Å². The van der Waals surface area contributed by atoms with Crippen LogP contribution in [0.5, 0.6) is 11.6 Å². The molecule has 0 unspecified atom stereocenters. The van der Waals surface area contributed by atoms with Crippen molar-refractivity contribution in [3.05, 3.63) is 87.6 Å². The van der Waals surface area contributed by atoms with Gasteiger partial charge in [-0.1, -0.05) is 41.9 Å². The lowest BCUT2D eigenvalue weighted by Gasteiger charge is -2.30. The number of pyridine rings is 2. The average Bonchev–Trinajstić information content (AvgIpc) is 2.97. The molecule has 0 radical (unpaired) electrons. The highest BCUT2D eigenvalue weighted by molar-refractivity contribution is 6.35. The SMILES string of the molecule is COc1cc(-c2nccc(-c3cccc4c3CCC[C@@H]4Nc3nc(OC)c(C=O)cc3C(F)(F)F)c2Cl)ccc1C. The standard InChI is InChI=1S/C31H27ClF3N3O3/c1-17-10-11-18(15-26(17)40-2)28-27(32)23(12-13-36-28)21-6-4-8-22-20(21)7-5-9-25(22)37-29-24(31(33,34)35)14-19(16-39)30(38-29)41-3/h4,6,8,10-16,25H,5,7,9H2,1-3H3,(H,37,38)/t25-/m0/s1. The smallest absolute Gasteiger partial charge is 0.419 e. The number of ether oxygens (including phenoxy) is 2. The first-order chi connectivity index (χ1) is 19.7. The molecule has 5 rings (SSSR count). The Morgan fingerprint density at radius 2 is 1.88 bits per heavy atom. The van der Waals surface area contributed by atoms with Gasteiger partial charge in [-0.15, -0.1) is 0 Å². The minimum atomic E-state index is -4.72. The van der Waals surface area contributed by atoms with E-state index in [1.807, 2.05) is 49.4 Å². The third-order valence-electron chi connectivity index (χ3n) is 7.32. The van der Waals surface area contributed by atoms with E-state index in [1.165, 1.54) is 7.11 Å². The molecule has 0 saturated heterocycles. The molecule has 4 aromatic rings. The average molecular weight is 582 g/mol. The lowest BCUT2D eigenvalue weighted by molar-refractivity contribution is -0.137. The number of carbonyl (C=O) groups excluding carboxylic acids is 1. The zero-order chi connectivity index (χ0) is 29.3. The number of carbonyl (C=O) groups is 1. The summed E-state index contributed by atoms with van der Waals surface area (Å²) < 4.78 is 52.4. The molecule has 10 heteroatoms. The zero-order valence-corrected chi connectivity index (χ0v) is 23.4. The van der Waals surface area contributed by atoms with Gasteiger partial charge in [-0.25, -0.2) is 0 Å². The van der Waals surface area contributed by atoms with E-state index in [4.69, 9.17) is 21.1 Å². The number of alkyl halides is 3. The number of hydrogen-bond acceptors (Lipinski definition) is 6. The van der Waals surface area contributed by atoms with Crippen LogP contribution in [0.2, 0.25) is 5.02 Å². The second-order valence-corrected chi connectivity index (χ2v) is 10.1. The van der Waals surface area contributed by atoms with Crippen LogP contribution in [0.25, 0.3) is 22.4 Å². The second-order valence-electron chi connectivity index (χ2n) is 9.77. The Morgan fingerprint density at radius 1 is 1.07 bits per heavy atom. The molecule has 1 aliphatic rings. The van der Waals surface area contributed by atoms with Gasteiger partial charge < -0.3 is 14.8 Å². The van der Waals surface area contributed by atoms with Gasteiger partial charge in [-0.3, -0.25) is 9.78 Å². The van der Waals surface area contributed by atoms with Crippen molar-refractivity contribution in [2.75, 3.05) is 19.5 Å². The van der Waals surface area contributed by atoms with Gasteiger partial charge in [-0.05, 0) is 66.6 Å². The van der Waals surface area contributed by atoms with Crippen molar-refractivity contribution in [1.82, 2.24) is 9.97 Å². The van der Waals surface area contributed by atoms with Crippen molar-refractivity contribution in [3.8, 4) is 34.0 Å². The maximum atomic E-state index is 14.0. The van der Waals surface area contributed by atoms with E-state index < -0.39 is 17.8 Å². The molecule has 0 spiro atoms. The molecule has 212 valence electrons. The Labute approximate surface area is 240 Å². The van der Waals surface area contributed by atoms with Crippen molar-refractivity contribution < 1.29 is 27.4 Å². The predicted molar refractivity (Wildman–Crippen MR) is 152 cm³/mol. The van der Waals surface area contributed by atoms with Crippen LogP contribution in [0.3, 0.4) is 0 Å². The minimum absolute atomic E-state index is 0.177. The number of aromatic nitrogens is 2. The Kier molecular flexibility index (Phi) is 7.91. The minimum Gasteiger partial charge on any atom is -0.496 e. The van der Waals surface area contributed by atoms with Crippen LogP contribution in [0, 0.1) is 6.92 Å². The van der Waals surface area contributed by atoms with E-state index >= 15 is 0 Å². The van der Waals surface area contributed by atoms with Gasteiger partial charge in [0.05, 0.1) is 42.1 Å². The lowest BCUT2D eigenvalue weighted by atomic mass is 9.83. The second kappa shape index (κ2) is 11.4. The number of rotatable bonds is 7. The zero-order valence-electron chi connectivity index (χ0n) is 22.6. The molecule has 0 amide bonds. The molecule has 2 heterocycles. The van der Waals surface area contributed by atoms with Crippen molar-refractivity contribution in [1.29, 1.82) is 0 Å². The first-order valence-electron chi connectivity index (χ1n) is 13.0. The predicted octanol–water partition coefficient (Wildman–Crippen LogP) is 8.11. The molecular formula is C31H27ClF3N3O3. The Balaban J connectivity index is 1.57. The van der Waals surface area contributed by atoms with Gasteiger partial charge in [0.2, 0.25) is 5.88 Å². The van der Waals surface area contributed by atoms with Crippen molar-refractivity contribution >= 4 is 23.7 Å². The molecule has 2 aromatic heterocycles. The summed E-state index contributed by atoms with van der Waals surface area (Å²) in [4.78, 5) is 19.9. The van der Waals surface area contributed by atoms with E-state index in [0.717, 1.165) is 58.0 Å². The number of aryl methyl sites for hydroxylation is 1. The first-order valence-corrected chi connectivity index (χ1v) is 13.3. The van der Waals surface area contributed by atoms with Gasteiger partial charge in [0.15, 0.2) is 6.29 Å². The molecule has 2 aromatic carbocycles. The number of hydrogen-bond donors (Lipinski definition) is 1. The molecule has 1 atom stereocenters. The summed E-state index contributed by atoms with van der Waals surface area (Å²) in [6, 6.07) is 13.7. The van der Waals surface area contributed by atoms with Crippen LogP contribution in [0.4, 0.5) is 19.0 Å². The van der Waals surface area contributed by atoms with Crippen molar-refractivity contribution in [3.63, 3.8) is 0 Å². The topological polar surface area (TPSA) is 73.3 Å². The largest absolute Gasteiger partial charge is 0.496 e. The monoisotopic (exact) mass is 581 g/mol. The van der Waals surface area contributed by atoms with Crippen LogP contribution in [-0.2, 0) is 12.6 Å². The summed E-state index contributed by atoms with van der Waals surface area (Å²) in [6.45, 7) is 1.95. The van der Waals surface area contributed by atoms with Crippen molar-refractivity contribution in [2.45, 2.75) is 38.4 Å². The van der Waals surface area contributed by atoms with E-state index in [0.29, 0.717) is 23.4 Å². The molecule has 0 fully saturated rings. The summed E-state index contributed by atoms with van der Waals surface area (Å²) >= 11 is 6.96. The third kappa shape index (κ3) is 5.46. The molecule has 0 saturated carbocycles. The molecule has 1 aliphatic carbocycles. The number of nitrogens with one attached hydrogen (secondary N) is 1. The summed E-state index contributed by atoms with van der Waals surface area (Å²) in [7, 11) is 2.87. The fraction of sp³-hybridized carbons (Fsp3) is 0.258. The number of anilines is 1. The normalized spacial score (nSPS) is 14.8. The van der Waals surface area contributed by atoms with Gasteiger partial charge in [0.1, 0.15) is 11.6 Å². The highest BCUT2D eigenvalue weighted by atomic mass is 35.5. The van der Waals surface area contributed by atoms with Crippen LogP contribution in [0.15, 0.2) is 54.7 Å². The maximum absolute atomic E-state index is 14.0. The van der Waals surface area contributed by atoms with Crippen LogP contribution in [-0.4, -0.2) is 30.5 Å². The quantitative estimate of drug-likeness (QED) is 0.222. The molecular weight excluding hydrogens is 555 g/mol. The third-order valence-corrected chi connectivity index (χ3v) is 7.70. The number of fused-ring (bicyclic) bond motifs is 1. The number of aldehydes is 1. The fourth-order valence-corrected chi connectivity index (χ4v) is 5.64. The maximum Gasteiger partial charge on any atom is 0.419 e. The fourth-order valence-electron chi connectivity index (χ4n) is 5.32. The number of nitrogens with zero attached hydrogens (tertiary/aromatic N) is 2. The van der Waals surface area contributed by atoms with E-state index in [2.05, 4.69) is 15.3 Å². The summed E-state index contributed by atoms with van der Waals surface area (Å²) in [5.74, 6) is 0.159. The van der Waals surface area contributed by atoms with Gasteiger partial charge in [-0.2, -0.15) is 18.2 Å². The highest BCUT2D eigenvalue weighted by Gasteiger charge is 2.37. The van der Waals surface area contributed by atoms with Gasteiger partial charge in [0.25, 0.3) is 0 Å². The van der Waals surface area contributed by atoms with Crippen molar-refractivity contribution in [2.24, 2.45) is 0 Å². The van der Waals surface area contributed by atoms with Gasteiger partial charge in [0, 0.05) is 17.3 Å². The summed E-state index contributed by atoms with van der Waals surface area (Å²) in [5.41, 5.74) is 4.61. The molecule has 1 N–H and O–H groups in total. The number of benzene rings is 2. The summed E-state index contributed by atoms with van der Waals surface area (Å²) in [5, 5.41) is 3.47. The molecule has 0 bridgehead atoms. The first kappa shape index (κ1) is 28.4. The number of halogens is 4. The number of methoxy groups -OCH3 is 2.